The predicted octanol–water partition coefficient (Wildman–Crippen LogP) is 2.41. The zero-order chi connectivity index (χ0) is 16.1. The van der Waals surface area contributed by atoms with E-state index in [1.54, 1.807) is 6.07 Å². The molecule has 6 heteroatoms. The molecule has 1 amide bonds. The lowest BCUT2D eigenvalue weighted by Crippen LogP contribution is -2.50. The number of nitrogens with one attached hydrogen (secondary N) is 2. The van der Waals surface area contributed by atoms with Crippen LogP contribution in [0.3, 0.4) is 0 Å². The van der Waals surface area contributed by atoms with Gasteiger partial charge in [0.05, 0.1) is 5.41 Å². The Labute approximate surface area is 148 Å². The second-order valence-corrected chi connectivity index (χ2v) is 6.63. The normalized spacial score (nSPS) is 23.1. The van der Waals surface area contributed by atoms with Crippen molar-refractivity contribution in [2.45, 2.75) is 31.1 Å². The van der Waals surface area contributed by atoms with Gasteiger partial charge in [0, 0.05) is 19.8 Å². The molecule has 0 radical (unpaired) electrons. The number of halogens is 2. The largest absolute Gasteiger partial charge is 0.381 e. The Morgan fingerprint density at radius 2 is 2.17 bits per heavy atom. The molecule has 4 nitrogen and oxygen atoms in total. The van der Waals surface area contributed by atoms with E-state index in [1.807, 2.05) is 6.07 Å². The average Bonchev–Trinajstić information content (AvgIpc) is 2.61. The van der Waals surface area contributed by atoms with Crippen LogP contribution in [0.15, 0.2) is 24.3 Å². The van der Waals surface area contributed by atoms with Gasteiger partial charge in [-0.05, 0) is 62.4 Å². The summed E-state index contributed by atoms with van der Waals surface area (Å²) in [7, 11) is 0. The highest BCUT2D eigenvalue weighted by Crippen LogP contribution is 2.35. The molecule has 0 saturated carbocycles. The molecular formula is C18H26ClFN2O2. The summed E-state index contributed by atoms with van der Waals surface area (Å²) >= 11 is 0. The second-order valence-electron chi connectivity index (χ2n) is 6.63. The highest BCUT2D eigenvalue weighted by Gasteiger charge is 2.41. The maximum absolute atomic E-state index is 13.7. The minimum absolute atomic E-state index is 0. The van der Waals surface area contributed by atoms with Gasteiger partial charge in [0.15, 0.2) is 0 Å². The van der Waals surface area contributed by atoms with Crippen LogP contribution in [0.4, 0.5) is 4.39 Å². The molecule has 134 valence electrons. The molecule has 1 aromatic rings. The summed E-state index contributed by atoms with van der Waals surface area (Å²) in [5.74, 6) is 0.201. The SMILES string of the molecule is Cl.O=C(NCC1CCCNC1)C1(c2cccc(F)c2)CCOCC1. The van der Waals surface area contributed by atoms with E-state index >= 15 is 0 Å². The molecule has 2 aliphatic rings. The van der Waals surface area contributed by atoms with Crippen LogP contribution in [-0.2, 0) is 14.9 Å². The van der Waals surface area contributed by atoms with Gasteiger partial charge >= 0.3 is 0 Å². The zero-order valence-corrected chi connectivity index (χ0v) is 14.7. The molecule has 3 rings (SSSR count). The minimum Gasteiger partial charge on any atom is -0.381 e. The zero-order valence-electron chi connectivity index (χ0n) is 13.9. The van der Waals surface area contributed by atoms with Gasteiger partial charge < -0.3 is 15.4 Å². The molecule has 1 aromatic carbocycles. The number of rotatable bonds is 4. The molecule has 1 unspecified atom stereocenters. The van der Waals surface area contributed by atoms with Gasteiger partial charge in [-0.25, -0.2) is 4.39 Å². The van der Waals surface area contributed by atoms with Crippen LogP contribution in [0.2, 0.25) is 0 Å². The number of hydrogen-bond donors (Lipinski definition) is 2. The fourth-order valence-corrected chi connectivity index (χ4v) is 3.66. The lowest BCUT2D eigenvalue weighted by molar-refractivity contribution is -0.130. The van der Waals surface area contributed by atoms with Crippen LogP contribution in [0, 0.1) is 11.7 Å². The monoisotopic (exact) mass is 356 g/mol. The van der Waals surface area contributed by atoms with Crippen LogP contribution in [-0.4, -0.2) is 38.8 Å². The van der Waals surface area contributed by atoms with Gasteiger partial charge in [0.2, 0.25) is 5.91 Å². The average molecular weight is 357 g/mol. The molecule has 0 spiro atoms. The fraction of sp³-hybridized carbons (Fsp3) is 0.611. The first kappa shape index (κ1) is 19.2. The van der Waals surface area contributed by atoms with Crippen molar-refractivity contribution >= 4 is 18.3 Å². The third kappa shape index (κ3) is 4.26. The van der Waals surface area contributed by atoms with Crippen molar-refractivity contribution in [3.05, 3.63) is 35.6 Å². The van der Waals surface area contributed by atoms with Crippen molar-refractivity contribution in [1.82, 2.24) is 10.6 Å². The number of carbonyl (C=O) groups is 1. The van der Waals surface area contributed by atoms with Gasteiger partial charge in [0.1, 0.15) is 5.82 Å². The third-order valence-electron chi connectivity index (χ3n) is 5.11. The van der Waals surface area contributed by atoms with E-state index in [4.69, 9.17) is 4.74 Å². The number of piperidine rings is 1. The summed E-state index contributed by atoms with van der Waals surface area (Å²) in [4.78, 5) is 13.0. The summed E-state index contributed by atoms with van der Waals surface area (Å²) in [6.07, 6.45) is 3.50. The molecule has 2 N–H and O–H groups in total. The Morgan fingerprint density at radius 3 is 2.83 bits per heavy atom. The molecule has 0 aromatic heterocycles. The Morgan fingerprint density at radius 1 is 1.38 bits per heavy atom. The molecular weight excluding hydrogens is 331 g/mol. The predicted molar refractivity (Wildman–Crippen MR) is 94.0 cm³/mol. The first-order chi connectivity index (χ1) is 11.2. The summed E-state index contributed by atoms with van der Waals surface area (Å²) in [5.41, 5.74) is 0.0997. The molecule has 0 aliphatic carbocycles. The summed E-state index contributed by atoms with van der Waals surface area (Å²) in [5, 5.41) is 6.49. The van der Waals surface area contributed by atoms with E-state index in [1.165, 1.54) is 12.1 Å². The Hall–Kier alpha value is -1.17. The van der Waals surface area contributed by atoms with E-state index in [-0.39, 0.29) is 24.1 Å². The first-order valence-corrected chi connectivity index (χ1v) is 8.53. The molecule has 2 saturated heterocycles. The van der Waals surface area contributed by atoms with Crippen molar-refractivity contribution in [3.63, 3.8) is 0 Å². The van der Waals surface area contributed by atoms with Crippen LogP contribution >= 0.6 is 12.4 Å². The van der Waals surface area contributed by atoms with Crippen molar-refractivity contribution in [2.24, 2.45) is 5.92 Å². The van der Waals surface area contributed by atoms with E-state index < -0.39 is 5.41 Å². The smallest absolute Gasteiger partial charge is 0.230 e. The van der Waals surface area contributed by atoms with Crippen molar-refractivity contribution < 1.29 is 13.9 Å². The van der Waals surface area contributed by atoms with Crippen LogP contribution < -0.4 is 10.6 Å². The van der Waals surface area contributed by atoms with Gasteiger partial charge in [0.25, 0.3) is 0 Å². The molecule has 1 atom stereocenters. The number of hydrogen-bond acceptors (Lipinski definition) is 3. The summed E-state index contributed by atoms with van der Waals surface area (Å²) < 4.78 is 19.1. The van der Waals surface area contributed by atoms with Gasteiger partial charge in [-0.3, -0.25) is 4.79 Å². The molecule has 2 aliphatic heterocycles. The number of carbonyl (C=O) groups excluding carboxylic acids is 1. The third-order valence-corrected chi connectivity index (χ3v) is 5.11. The minimum atomic E-state index is -0.664. The van der Waals surface area contributed by atoms with E-state index in [0.717, 1.165) is 31.5 Å². The molecule has 24 heavy (non-hydrogen) atoms. The lowest BCUT2D eigenvalue weighted by Gasteiger charge is -2.37. The van der Waals surface area contributed by atoms with Crippen LogP contribution in [0.1, 0.15) is 31.2 Å². The standard InChI is InChI=1S/C18H25FN2O2.ClH/c19-16-5-1-4-15(11-16)18(6-9-23-10-7-18)17(22)21-13-14-3-2-8-20-12-14;/h1,4-5,11,14,20H,2-3,6-10,12-13H2,(H,21,22);1H. The maximum Gasteiger partial charge on any atom is 0.230 e. The van der Waals surface area contributed by atoms with E-state index in [2.05, 4.69) is 10.6 Å². The number of ether oxygens (including phenoxy) is 1. The van der Waals surface area contributed by atoms with Crippen LogP contribution in [0.5, 0.6) is 0 Å². The first-order valence-electron chi connectivity index (χ1n) is 8.53. The van der Waals surface area contributed by atoms with Gasteiger partial charge in [-0.1, -0.05) is 12.1 Å². The van der Waals surface area contributed by atoms with Crippen molar-refractivity contribution in [1.29, 1.82) is 0 Å². The Bertz CT molecular complexity index is 544. The highest BCUT2D eigenvalue weighted by molar-refractivity contribution is 5.88. The van der Waals surface area contributed by atoms with Crippen molar-refractivity contribution in [3.8, 4) is 0 Å². The van der Waals surface area contributed by atoms with Crippen molar-refractivity contribution in [2.75, 3.05) is 32.8 Å². The lowest BCUT2D eigenvalue weighted by atomic mass is 9.73. The van der Waals surface area contributed by atoms with E-state index in [0.29, 0.717) is 38.5 Å². The Kier molecular flexibility index (Phi) is 7.02. The second kappa shape index (κ2) is 8.79. The molecule has 2 fully saturated rings. The number of amides is 1. The number of benzene rings is 1. The van der Waals surface area contributed by atoms with Gasteiger partial charge in [-0.2, -0.15) is 0 Å². The molecule has 2 heterocycles. The fourth-order valence-electron chi connectivity index (χ4n) is 3.66. The quantitative estimate of drug-likeness (QED) is 0.871. The summed E-state index contributed by atoms with van der Waals surface area (Å²) in [6.45, 7) is 3.78. The maximum atomic E-state index is 13.7. The topological polar surface area (TPSA) is 50.4 Å². The van der Waals surface area contributed by atoms with Crippen LogP contribution in [0.25, 0.3) is 0 Å². The van der Waals surface area contributed by atoms with E-state index in [9.17, 15) is 9.18 Å². The van der Waals surface area contributed by atoms with Gasteiger partial charge in [-0.15, -0.1) is 12.4 Å². The highest BCUT2D eigenvalue weighted by atomic mass is 35.5. The Balaban J connectivity index is 0.00000208. The molecule has 0 bridgehead atoms. The summed E-state index contributed by atoms with van der Waals surface area (Å²) in [6, 6.07) is 6.45.